The van der Waals surface area contributed by atoms with E-state index in [1.54, 1.807) is 18.5 Å². The highest BCUT2D eigenvalue weighted by molar-refractivity contribution is 7.99. The molecule has 0 saturated heterocycles. The molecule has 3 rings (SSSR count). The van der Waals surface area contributed by atoms with Crippen LogP contribution >= 0.6 is 11.8 Å². The lowest BCUT2D eigenvalue weighted by molar-refractivity contribution is 0.248. The van der Waals surface area contributed by atoms with E-state index in [1.807, 2.05) is 30.0 Å². The first-order valence-electron chi connectivity index (χ1n) is 6.52. The number of pyridine rings is 1. The van der Waals surface area contributed by atoms with Crippen molar-refractivity contribution in [3.63, 3.8) is 0 Å². The number of rotatable bonds is 2. The minimum absolute atomic E-state index is 0.0733. The highest BCUT2D eigenvalue weighted by Gasteiger charge is 2.21. The zero-order chi connectivity index (χ0) is 13.8. The third-order valence-electron chi connectivity index (χ3n) is 3.18. The number of fused-ring (bicyclic) bond motifs is 1. The standard InChI is InChI=1S/C15H15N3OS/c19-15(17-11-4-3-8-16-10-11)18-13-7-9-20-14-6-2-1-5-12(13)14/h1-6,8,10,13H,7,9H2,(H2,17,18,19)/t13-/m0/s1. The predicted octanol–water partition coefficient (Wildman–Crippen LogP) is 3.44. The fraction of sp³-hybridized carbons (Fsp3) is 0.200. The molecule has 0 radical (unpaired) electrons. The lowest BCUT2D eigenvalue weighted by Crippen LogP contribution is -2.34. The van der Waals surface area contributed by atoms with Crippen LogP contribution < -0.4 is 10.6 Å². The Hall–Kier alpha value is -2.01. The largest absolute Gasteiger partial charge is 0.331 e. The summed E-state index contributed by atoms with van der Waals surface area (Å²) in [5.74, 6) is 1.02. The van der Waals surface area contributed by atoms with Crippen LogP contribution in [-0.4, -0.2) is 16.8 Å². The molecule has 2 N–H and O–H groups in total. The molecule has 0 bridgehead atoms. The number of benzene rings is 1. The highest BCUT2D eigenvalue weighted by atomic mass is 32.2. The smallest absolute Gasteiger partial charge is 0.319 e. The van der Waals surface area contributed by atoms with Crippen LogP contribution in [0.4, 0.5) is 10.5 Å². The van der Waals surface area contributed by atoms with Gasteiger partial charge in [0.25, 0.3) is 0 Å². The number of hydrogen-bond acceptors (Lipinski definition) is 3. The summed E-state index contributed by atoms with van der Waals surface area (Å²) in [6.07, 6.45) is 4.25. The average Bonchev–Trinajstić information content (AvgIpc) is 2.48. The molecule has 0 saturated carbocycles. The van der Waals surface area contributed by atoms with Gasteiger partial charge >= 0.3 is 6.03 Å². The quantitative estimate of drug-likeness (QED) is 0.888. The number of carbonyl (C=O) groups is 1. The molecule has 102 valence electrons. The molecule has 4 nitrogen and oxygen atoms in total. The molecule has 1 aromatic heterocycles. The molecule has 1 aromatic carbocycles. The molecule has 2 heterocycles. The van der Waals surface area contributed by atoms with Crippen LogP contribution in [0.3, 0.4) is 0 Å². The van der Waals surface area contributed by atoms with Gasteiger partial charge in [-0.25, -0.2) is 4.79 Å². The van der Waals surface area contributed by atoms with E-state index in [1.165, 1.54) is 10.5 Å². The summed E-state index contributed by atoms with van der Waals surface area (Å²) in [7, 11) is 0. The van der Waals surface area contributed by atoms with E-state index in [0.717, 1.165) is 12.2 Å². The molecule has 0 aliphatic carbocycles. The Bertz CT molecular complexity index is 603. The van der Waals surface area contributed by atoms with Crippen molar-refractivity contribution in [3.8, 4) is 0 Å². The summed E-state index contributed by atoms with van der Waals surface area (Å²) >= 11 is 1.84. The lowest BCUT2D eigenvalue weighted by atomic mass is 10.0. The van der Waals surface area contributed by atoms with Crippen molar-refractivity contribution in [2.45, 2.75) is 17.4 Å². The van der Waals surface area contributed by atoms with E-state index in [4.69, 9.17) is 0 Å². The van der Waals surface area contributed by atoms with Crippen molar-refractivity contribution in [1.82, 2.24) is 10.3 Å². The summed E-state index contributed by atoms with van der Waals surface area (Å²) in [5.41, 5.74) is 1.90. The SMILES string of the molecule is O=C(Nc1cccnc1)N[C@H]1CCSc2ccccc21. The summed E-state index contributed by atoms with van der Waals surface area (Å²) in [6.45, 7) is 0. The molecule has 0 unspecified atom stereocenters. The number of thioether (sulfide) groups is 1. The van der Waals surface area contributed by atoms with Gasteiger partial charge in [0.15, 0.2) is 0 Å². The van der Waals surface area contributed by atoms with Gasteiger partial charge in [-0.15, -0.1) is 11.8 Å². The minimum Gasteiger partial charge on any atom is -0.331 e. The van der Waals surface area contributed by atoms with Crippen LogP contribution in [0.25, 0.3) is 0 Å². The number of amides is 2. The Labute approximate surface area is 122 Å². The molecule has 2 amide bonds. The fourth-order valence-electron chi connectivity index (χ4n) is 2.25. The first-order valence-corrected chi connectivity index (χ1v) is 7.51. The second kappa shape index (κ2) is 5.96. The van der Waals surface area contributed by atoms with E-state index in [9.17, 15) is 4.79 Å². The minimum atomic E-state index is -0.190. The third-order valence-corrected chi connectivity index (χ3v) is 4.31. The average molecular weight is 285 g/mol. The molecule has 1 aliphatic rings. The Kier molecular flexibility index (Phi) is 3.87. The molecule has 0 fully saturated rings. The van der Waals surface area contributed by atoms with Crippen LogP contribution in [0.1, 0.15) is 18.0 Å². The van der Waals surface area contributed by atoms with E-state index in [2.05, 4.69) is 27.8 Å². The van der Waals surface area contributed by atoms with Gasteiger partial charge in [-0.2, -0.15) is 0 Å². The van der Waals surface area contributed by atoms with Crippen LogP contribution in [0.2, 0.25) is 0 Å². The fourth-order valence-corrected chi connectivity index (χ4v) is 3.38. The predicted molar refractivity (Wildman–Crippen MR) is 80.9 cm³/mol. The molecule has 20 heavy (non-hydrogen) atoms. The zero-order valence-electron chi connectivity index (χ0n) is 10.9. The molecular formula is C15H15N3OS. The molecular weight excluding hydrogens is 270 g/mol. The number of anilines is 1. The van der Waals surface area contributed by atoms with Crippen LogP contribution in [0.5, 0.6) is 0 Å². The van der Waals surface area contributed by atoms with Crippen molar-refractivity contribution < 1.29 is 4.79 Å². The topological polar surface area (TPSA) is 54.0 Å². The molecule has 5 heteroatoms. The van der Waals surface area contributed by atoms with Gasteiger partial charge in [-0.05, 0) is 30.2 Å². The Morgan fingerprint density at radius 1 is 1.25 bits per heavy atom. The van der Waals surface area contributed by atoms with E-state index in [0.29, 0.717) is 5.69 Å². The number of carbonyl (C=O) groups excluding carboxylic acids is 1. The maximum Gasteiger partial charge on any atom is 0.319 e. The van der Waals surface area contributed by atoms with Crippen LogP contribution in [0.15, 0.2) is 53.7 Å². The van der Waals surface area contributed by atoms with Crippen molar-refractivity contribution in [3.05, 3.63) is 54.4 Å². The van der Waals surface area contributed by atoms with Gasteiger partial charge in [0.1, 0.15) is 0 Å². The Morgan fingerprint density at radius 2 is 2.15 bits per heavy atom. The van der Waals surface area contributed by atoms with Gasteiger partial charge in [0.05, 0.1) is 17.9 Å². The molecule has 2 aromatic rings. The van der Waals surface area contributed by atoms with E-state index < -0.39 is 0 Å². The number of nitrogens with one attached hydrogen (secondary N) is 2. The van der Waals surface area contributed by atoms with Gasteiger partial charge in [0.2, 0.25) is 0 Å². The number of aromatic nitrogens is 1. The van der Waals surface area contributed by atoms with Crippen molar-refractivity contribution in [2.24, 2.45) is 0 Å². The summed E-state index contributed by atoms with van der Waals surface area (Å²) in [6, 6.07) is 11.7. The maximum atomic E-state index is 12.0. The monoisotopic (exact) mass is 285 g/mol. The number of urea groups is 1. The van der Waals surface area contributed by atoms with Gasteiger partial charge in [0, 0.05) is 16.8 Å². The Morgan fingerprint density at radius 3 is 3.00 bits per heavy atom. The van der Waals surface area contributed by atoms with Crippen LogP contribution in [-0.2, 0) is 0 Å². The van der Waals surface area contributed by atoms with Gasteiger partial charge < -0.3 is 10.6 Å². The normalized spacial score (nSPS) is 17.1. The summed E-state index contributed by atoms with van der Waals surface area (Å²) < 4.78 is 0. The van der Waals surface area contributed by atoms with E-state index in [-0.39, 0.29) is 12.1 Å². The molecule has 0 spiro atoms. The Balaban J connectivity index is 1.68. The van der Waals surface area contributed by atoms with Crippen LogP contribution in [0, 0.1) is 0 Å². The highest BCUT2D eigenvalue weighted by Crippen LogP contribution is 2.35. The number of nitrogens with zero attached hydrogens (tertiary/aromatic N) is 1. The zero-order valence-corrected chi connectivity index (χ0v) is 11.7. The third kappa shape index (κ3) is 2.93. The second-order valence-corrected chi connectivity index (χ2v) is 5.70. The maximum absolute atomic E-state index is 12.0. The van der Waals surface area contributed by atoms with Gasteiger partial charge in [-0.3, -0.25) is 4.98 Å². The van der Waals surface area contributed by atoms with Gasteiger partial charge in [-0.1, -0.05) is 18.2 Å². The summed E-state index contributed by atoms with van der Waals surface area (Å²) in [5, 5.41) is 5.83. The lowest BCUT2D eigenvalue weighted by Gasteiger charge is -2.25. The van der Waals surface area contributed by atoms with Crippen molar-refractivity contribution in [1.29, 1.82) is 0 Å². The second-order valence-electron chi connectivity index (χ2n) is 4.57. The first-order chi connectivity index (χ1) is 9.83. The van der Waals surface area contributed by atoms with Crippen molar-refractivity contribution in [2.75, 3.05) is 11.1 Å². The first kappa shape index (κ1) is 13.0. The molecule has 1 atom stereocenters. The van der Waals surface area contributed by atoms with E-state index >= 15 is 0 Å². The number of hydrogen-bond donors (Lipinski definition) is 2. The summed E-state index contributed by atoms with van der Waals surface area (Å²) in [4.78, 5) is 17.3. The molecule has 1 aliphatic heterocycles. The van der Waals surface area contributed by atoms with Crippen molar-refractivity contribution >= 4 is 23.5 Å².